The van der Waals surface area contributed by atoms with Crippen LogP contribution >= 0.6 is 11.6 Å². The zero-order valence-corrected chi connectivity index (χ0v) is 15.3. The molecule has 1 aliphatic rings. The summed E-state index contributed by atoms with van der Waals surface area (Å²) in [4.78, 5) is 4.83. The van der Waals surface area contributed by atoms with E-state index >= 15 is 0 Å². The second kappa shape index (κ2) is 7.34. The molecule has 0 bridgehead atoms. The summed E-state index contributed by atoms with van der Waals surface area (Å²) in [6.45, 7) is 0.708. The van der Waals surface area contributed by atoms with Gasteiger partial charge in [0.2, 0.25) is 11.8 Å². The lowest BCUT2D eigenvalue weighted by Crippen LogP contribution is -2.38. The van der Waals surface area contributed by atoms with Gasteiger partial charge in [0.25, 0.3) is 0 Å². The monoisotopic (exact) mass is 404 g/mol. The van der Waals surface area contributed by atoms with E-state index in [9.17, 15) is 17.2 Å². The van der Waals surface area contributed by atoms with Gasteiger partial charge in [-0.2, -0.15) is 9.37 Å². The molecule has 3 rings (SSSR count). The van der Waals surface area contributed by atoms with Crippen molar-refractivity contribution in [3.05, 3.63) is 41.1 Å². The maximum absolute atomic E-state index is 14.2. The van der Waals surface area contributed by atoms with E-state index in [0.29, 0.717) is 6.54 Å². The Morgan fingerprint density at radius 2 is 2.04 bits per heavy atom. The van der Waals surface area contributed by atoms with Crippen LogP contribution in [0.3, 0.4) is 0 Å². The predicted molar refractivity (Wildman–Crippen MR) is 91.8 cm³/mol. The van der Waals surface area contributed by atoms with Crippen molar-refractivity contribution in [2.75, 3.05) is 37.5 Å². The Kier molecular flexibility index (Phi) is 5.31. The van der Waals surface area contributed by atoms with E-state index in [1.165, 1.54) is 25.3 Å². The number of anilines is 1. The number of methoxy groups -OCH3 is 1. The van der Waals surface area contributed by atoms with Crippen LogP contribution in [-0.4, -0.2) is 46.0 Å². The predicted octanol–water partition coefficient (Wildman–Crippen LogP) is 3.05. The van der Waals surface area contributed by atoms with Crippen LogP contribution in [0.15, 0.2) is 29.2 Å². The molecule has 2 aromatic rings. The smallest absolute Gasteiger partial charge is 0.247 e. The van der Waals surface area contributed by atoms with E-state index in [1.807, 2.05) is 0 Å². The highest BCUT2D eigenvalue weighted by Gasteiger charge is 2.36. The van der Waals surface area contributed by atoms with Gasteiger partial charge in [-0.25, -0.2) is 12.8 Å². The van der Waals surface area contributed by atoms with E-state index in [1.54, 1.807) is 4.90 Å². The molecule has 1 aromatic carbocycles. The number of pyridine rings is 1. The molecular formula is C16H15ClF2N2O4S. The standard InChI is InChI=1S/C16H15ClF2N2O4S/c1-24-8-6-21-7-9-26(22,23)14-12(17)15(19)20-16(13(14)21)25-11-5-3-2-4-10(11)18/h2-5H,6-9H2,1H3. The van der Waals surface area contributed by atoms with Crippen LogP contribution < -0.4 is 9.64 Å². The number of halogens is 3. The first-order valence-corrected chi connectivity index (χ1v) is 9.66. The van der Waals surface area contributed by atoms with E-state index in [-0.39, 0.29) is 36.2 Å². The van der Waals surface area contributed by atoms with Gasteiger partial charge in [-0.3, -0.25) is 0 Å². The minimum Gasteiger partial charge on any atom is -0.434 e. The van der Waals surface area contributed by atoms with Gasteiger partial charge < -0.3 is 14.4 Å². The van der Waals surface area contributed by atoms with Crippen LogP contribution in [-0.2, 0) is 14.6 Å². The first-order chi connectivity index (χ1) is 12.3. The molecule has 0 saturated carbocycles. The molecule has 1 aromatic heterocycles. The second-order valence-electron chi connectivity index (χ2n) is 5.53. The van der Waals surface area contributed by atoms with Crippen molar-refractivity contribution in [2.24, 2.45) is 0 Å². The van der Waals surface area contributed by atoms with Crippen LogP contribution in [0.5, 0.6) is 11.6 Å². The molecule has 0 radical (unpaired) electrons. The van der Waals surface area contributed by atoms with E-state index in [4.69, 9.17) is 21.1 Å². The number of sulfone groups is 1. The van der Waals surface area contributed by atoms with Crippen molar-refractivity contribution < 1.29 is 26.7 Å². The SMILES string of the molecule is COCCN1CCS(=O)(=O)c2c(Cl)c(F)nc(Oc3ccccc3F)c21. The molecule has 0 saturated heterocycles. The summed E-state index contributed by atoms with van der Waals surface area (Å²) < 4.78 is 63.5. The van der Waals surface area contributed by atoms with Gasteiger partial charge in [-0.05, 0) is 12.1 Å². The Balaban J connectivity index is 2.19. The summed E-state index contributed by atoms with van der Waals surface area (Å²) in [7, 11) is -2.35. The van der Waals surface area contributed by atoms with Gasteiger partial charge in [-0.1, -0.05) is 23.7 Å². The Morgan fingerprint density at radius 1 is 1.31 bits per heavy atom. The highest BCUT2D eigenvalue weighted by Crippen LogP contribution is 2.44. The topological polar surface area (TPSA) is 68.7 Å². The van der Waals surface area contributed by atoms with Crippen LogP contribution in [0, 0.1) is 11.8 Å². The third-order valence-corrected chi connectivity index (χ3v) is 6.06. The molecule has 0 aliphatic carbocycles. The lowest BCUT2D eigenvalue weighted by Gasteiger charge is -2.32. The normalized spacial score (nSPS) is 15.6. The zero-order valence-electron chi connectivity index (χ0n) is 13.7. The number of ether oxygens (including phenoxy) is 2. The number of rotatable bonds is 5. The van der Waals surface area contributed by atoms with Crippen LogP contribution in [0.2, 0.25) is 5.02 Å². The number of nitrogens with zero attached hydrogens (tertiary/aromatic N) is 2. The van der Waals surface area contributed by atoms with Gasteiger partial charge in [0, 0.05) is 20.2 Å². The Bertz CT molecular complexity index is 940. The average molecular weight is 405 g/mol. The summed E-state index contributed by atoms with van der Waals surface area (Å²) in [5, 5.41) is -0.608. The van der Waals surface area contributed by atoms with Crippen molar-refractivity contribution in [3.63, 3.8) is 0 Å². The molecule has 0 fully saturated rings. The lowest BCUT2D eigenvalue weighted by atomic mass is 10.3. The molecule has 0 N–H and O–H groups in total. The maximum Gasteiger partial charge on any atom is 0.247 e. The number of hydrogen-bond donors (Lipinski definition) is 0. The third-order valence-electron chi connectivity index (χ3n) is 3.86. The van der Waals surface area contributed by atoms with Gasteiger partial charge in [-0.15, -0.1) is 0 Å². The first kappa shape index (κ1) is 18.8. The fourth-order valence-corrected chi connectivity index (χ4v) is 4.64. The largest absolute Gasteiger partial charge is 0.434 e. The lowest BCUT2D eigenvalue weighted by molar-refractivity contribution is 0.205. The van der Waals surface area contributed by atoms with Gasteiger partial charge in [0.1, 0.15) is 15.6 Å². The number of hydrogen-bond acceptors (Lipinski definition) is 6. The van der Waals surface area contributed by atoms with Crippen molar-refractivity contribution in [1.82, 2.24) is 4.98 Å². The molecule has 10 heteroatoms. The summed E-state index contributed by atoms with van der Waals surface area (Å²) in [5.41, 5.74) is 0.00273. The molecule has 6 nitrogen and oxygen atoms in total. The number of aromatic nitrogens is 1. The molecule has 26 heavy (non-hydrogen) atoms. The summed E-state index contributed by atoms with van der Waals surface area (Å²) >= 11 is 5.90. The van der Waals surface area contributed by atoms with Gasteiger partial charge >= 0.3 is 0 Å². The van der Waals surface area contributed by atoms with Gasteiger partial charge in [0.15, 0.2) is 21.4 Å². The summed E-state index contributed by atoms with van der Waals surface area (Å²) in [5.74, 6) is -2.72. The zero-order chi connectivity index (χ0) is 18.9. The van der Waals surface area contributed by atoms with E-state index in [2.05, 4.69) is 4.98 Å². The quantitative estimate of drug-likeness (QED) is 0.713. The van der Waals surface area contributed by atoms with Crippen LogP contribution in [0.1, 0.15) is 0 Å². The maximum atomic E-state index is 14.2. The fourth-order valence-electron chi connectivity index (χ4n) is 2.62. The summed E-state index contributed by atoms with van der Waals surface area (Å²) in [6.07, 6.45) is 0. The highest BCUT2D eigenvalue weighted by molar-refractivity contribution is 7.91. The average Bonchev–Trinajstić information content (AvgIpc) is 2.59. The number of fused-ring (bicyclic) bond motifs is 1. The summed E-state index contributed by atoms with van der Waals surface area (Å²) in [6, 6.07) is 5.47. The molecule has 0 atom stereocenters. The minimum atomic E-state index is -3.85. The molecule has 0 spiro atoms. The highest BCUT2D eigenvalue weighted by atomic mass is 35.5. The molecule has 140 valence electrons. The fraction of sp³-hybridized carbons (Fsp3) is 0.312. The first-order valence-electron chi connectivity index (χ1n) is 7.63. The Morgan fingerprint density at radius 3 is 2.73 bits per heavy atom. The van der Waals surface area contributed by atoms with E-state index < -0.39 is 31.5 Å². The van der Waals surface area contributed by atoms with Crippen LogP contribution in [0.4, 0.5) is 14.5 Å². The molecule has 0 amide bonds. The number of para-hydroxylation sites is 1. The van der Waals surface area contributed by atoms with Gasteiger partial charge in [0.05, 0.1) is 12.4 Å². The number of benzene rings is 1. The second-order valence-corrected chi connectivity index (χ2v) is 7.95. The van der Waals surface area contributed by atoms with Crippen molar-refractivity contribution >= 4 is 27.1 Å². The van der Waals surface area contributed by atoms with Crippen molar-refractivity contribution in [2.45, 2.75) is 4.90 Å². The molecule has 2 heterocycles. The molecular weight excluding hydrogens is 390 g/mol. The minimum absolute atomic E-state index is 0.00273. The van der Waals surface area contributed by atoms with E-state index in [0.717, 1.165) is 6.07 Å². The van der Waals surface area contributed by atoms with Crippen molar-refractivity contribution in [1.29, 1.82) is 0 Å². The molecule has 0 unspecified atom stereocenters. The van der Waals surface area contributed by atoms with Crippen LogP contribution in [0.25, 0.3) is 0 Å². The molecule has 1 aliphatic heterocycles. The Labute approximate surface area is 154 Å². The van der Waals surface area contributed by atoms with Crippen molar-refractivity contribution in [3.8, 4) is 11.6 Å². The third kappa shape index (κ3) is 3.46. The Hall–Kier alpha value is -1.97.